The number of aromatic nitrogens is 3. The summed E-state index contributed by atoms with van der Waals surface area (Å²) >= 11 is 0. The maximum Gasteiger partial charge on any atom is 0.138 e. The van der Waals surface area contributed by atoms with Crippen molar-refractivity contribution < 1.29 is 4.74 Å². The van der Waals surface area contributed by atoms with Gasteiger partial charge in [-0.15, -0.1) is 0 Å². The highest BCUT2D eigenvalue weighted by Crippen LogP contribution is 2.09. The van der Waals surface area contributed by atoms with Gasteiger partial charge in [0, 0.05) is 26.1 Å². The average molecular weight is 226 g/mol. The molecule has 0 aliphatic carbocycles. The van der Waals surface area contributed by atoms with Crippen LogP contribution in [0.25, 0.3) is 0 Å². The Bertz CT molecular complexity index is 300. The van der Waals surface area contributed by atoms with Gasteiger partial charge >= 0.3 is 0 Å². The second-order valence-corrected chi connectivity index (χ2v) is 3.92. The summed E-state index contributed by atoms with van der Waals surface area (Å²) in [5, 5.41) is 4.13. The van der Waals surface area contributed by atoms with Crippen molar-refractivity contribution in [3.8, 4) is 0 Å². The van der Waals surface area contributed by atoms with Gasteiger partial charge in [-0.3, -0.25) is 4.68 Å². The lowest BCUT2D eigenvalue weighted by molar-refractivity contribution is 0.0718. The fourth-order valence-electron chi connectivity index (χ4n) is 1.84. The molecule has 2 unspecified atom stereocenters. The molecular weight excluding hydrogens is 204 g/mol. The lowest BCUT2D eigenvalue weighted by Gasteiger charge is -2.21. The van der Waals surface area contributed by atoms with E-state index in [2.05, 4.69) is 17.0 Å². The predicted molar refractivity (Wildman–Crippen MR) is 63.1 cm³/mol. The van der Waals surface area contributed by atoms with Crippen LogP contribution in [-0.2, 0) is 17.7 Å². The van der Waals surface area contributed by atoms with Crippen LogP contribution in [0, 0.1) is 0 Å². The maximum atomic E-state index is 6.12. The molecule has 1 aromatic rings. The number of aryl methyl sites for hydroxylation is 1. The predicted octanol–water partition coefficient (Wildman–Crippen LogP) is 0.983. The van der Waals surface area contributed by atoms with Crippen molar-refractivity contribution in [2.75, 3.05) is 7.11 Å². The van der Waals surface area contributed by atoms with E-state index in [1.54, 1.807) is 13.4 Å². The molecule has 0 radical (unpaired) electrons. The van der Waals surface area contributed by atoms with Crippen LogP contribution < -0.4 is 5.73 Å². The first kappa shape index (κ1) is 13.1. The van der Waals surface area contributed by atoms with Crippen molar-refractivity contribution >= 4 is 0 Å². The molecule has 0 aliphatic rings. The van der Waals surface area contributed by atoms with E-state index in [9.17, 15) is 0 Å². The SMILES string of the molecule is CCCC(OC)C(N)Cc1ncnn1CC. The third kappa shape index (κ3) is 3.28. The zero-order chi connectivity index (χ0) is 12.0. The molecule has 5 heteroatoms. The summed E-state index contributed by atoms with van der Waals surface area (Å²) in [4.78, 5) is 4.22. The lowest BCUT2D eigenvalue weighted by Crippen LogP contribution is -2.38. The second kappa shape index (κ2) is 6.60. The monoisotopic (exact) mass is 226 g/mol. The number of nitrogens with two attached hydrogens (primary N) is 1. The zero-order valence-corrected chi connectivity index (χ0v) is 10.4. The molecule has 0 saturated heterocycles. The van der Waals surface area contributed by atoms with Gasteiger partial charge < -0.3 is 10.5 Å². The van der Waals surface area contributed by atoms with E-state index in [1.165, 1.54) is 0 Å². The van der Waals surface area contributed by atoms with Gasteiger partial charge in [0.1, 0.15) is 12.2 Å². The molecule has 1 aromatic heterocycles. The van der Waals surface area contributed by atoms with Gasteiger partial charge in [-0.1, -0.05) is 13.3 Å². The third-order valence-corrected chi connectivity index (χ3v) is 2.77. The molecule has 1 heterocycles. The van der Waals surface area contributed by atoms with Crippen molar-refractivity contribution in [1.82, 2.24) is 14.8 Å². The average Bonchev–Trinajstić information content (AvgIpc) is 2.72. The highest BCUT2D eigenvalue weighted by molar-refractivity contribution is 4.91. The van der Waals surface area contributed by atoms with Crippen molar-refractivity contribution in [2.24, 2.45) is 5.73 Å². The Hall–Kier alpha value is -0.940. The van der Waals surface area contributed by atoms with Gasteiger partial charge in [0.25, 0.3) is 0 Å². The molecular formula is C11H22N4O. The minimum atomic E-state index is -0.0144. The topological polar surface area (TPSA) is 66.0 Å². The van der Waals surface area contributed by atoms with Crippen LogP contribution in [0.3, 0.4) is 0 Å². The van der Waals surface area contributed by atoms with Crippen LogP contribution in [0.5, 0.6) is 0 Å². The summed E-state index contributed by atoms with van der Waals surface area (Å²) in [6.45, 7) is 5.00. The molecule has 2 N–H and O–H groups in total. The first-order valence-electron chi connectivity index (χ1n) is 5.87. The fraction of sp³-hybridized carbons (Fsp3) is 0.818. The molecule has 0 aliphatic heterocycles. The highest BCUT2D eigenvalue weighted by Gasteiger charge is 2.18. The maximum absolute atomic E-state index is 6.12. The molecule has 16 heavy (non-hydrogen) atoms. The molecule has 5 nitrogen and oxygen atoms in total. The van der Waals surface area contributed by atoms with Crippen molar-refractivity contribution in [3.63, 3.8) is 0 Å². The Morgan fingerprint density at radius 1 is 1.50 bits per heavy atom. The summed E-state index contributed by atoms with van der Waals surface area (Å²) in [7, 11) is 1.71. The van der Waals surface area contributed by atoms with Crippen molar-refractivity contribution in [1.29, 1.82) is 0 Å². The molecule has 0 aromatic carbocycles. The zero-order valence-electron chi connectivity index (χ0n) is 10.4. The Labute approximate surface area is 97.0 Å². The number of rotatable bonds is 7. The molecule has 92 valence electrons. The Morgan fingerprint density at radius 2 is 2.25 bits per heavy atom. The number of methoxy groups -OCH3 is 1. The standard InChI is InChI=1S/C11H22N4O/c1-4-6-10(16-3)9(12)7-11-13-8-14-15(11)5-2/h8-10H,4-7,12H2,1-3H3. The Balaban J connectivity index is 2.58. The second-order valence-electron chi connectivity index (χ2n) is 3.92. The van der Waals surface area contributed by atoms with Crippen LogP contribution in [0.15, 0.2) is 6.33 Å². The molecule has 0 saturated carbocycles. The molecule has 0 spiro atoms. The summed E-state index contributed by atoms with van der Waals surface area (Å²) in [5.74, 6) is 0.938. The summed E-state index contributed by atoms with van der Waals surface area (Å²) in [5.41, 5.74) is 6.12. The third-order valence-electron chi connectivity index (χ3n) is 2.77. The lowest BCUT2D eigenvalue weighted by atomic mass is 10.0. The normalized spacial score (nSPS) is 15.0. The summed E-state index contributed by atoms with van der Waals surface area (Å²) in [6.07, 6.45) is 4.46. The molecule has 1 rings (SSSR count). The van der Waals surface area contributed by atoms with Gasteiger partial charge in [0.2, 0.25) is 0 Å². The first-order valence-corrected chi connectivity index (χ1v) is 5.87. The fourth-order valence-corrected chi connectivity index (χ4v) is 1.84. The van der Waals surface area contributed by atoms with E-state index in [4.69, 9.17) is 10.5 Å². The molecule has 0 amide bonds. The van der Waals surface area contributed by atoms with Crippen LogP contribution in [0.4, 0.5) is 0 Å². The molecule has 0 fully saturated rings. The smallest absolute Gasteiger partial charge is 0.138 e. The molecule has 2 atom stereocenters. The highest BCUT2D eigenvalue weighted by atomic mass is 16.5. The quantitative estimate of drug-likeness (QED) is 0.752. The van der Waals surface area contributed by atoms with Gasteiger partial charge in [-0.2, -0.15) is 5.10 Å². The van der Waals surface area contributed by atoms with E-state index < -0.39 is 0 Å². The van der Waals surface area contributed by atoms with E-state index >= 15 is 0 Å². The largest absolute Gasteiger partial charge is 0.380 e. The van der Waals surface area contributed by atoms with Gasteiger partial charge in [-0.05, 0) is 13.3 Å². The number of hydrogen-bond donors (Lipinski definition) is 1. The van der Waals surface area contributed by atoms with Crippen molar-refractivity contribution in [3.05, 3.63) is 12.2 Å². The van der Waals surface area contributed by atoms with Crippen LogP contribution >= 0.6 is 0 Å². The van der Waals surface area contributed by atoms with E-state index in [0.717, 1.165) is 25.2 Å². The Kier molecular flexibility index (Phi) is 5.42. The number of nitrogens with zero attached hydrogens (tertiary/aromatic N) is 3. The minimum absolute atomic E-state index is 0.0144. The number of hydrogen-bond acceptors (Lipinski definition) is 4. The summed E-state index contributed by atoms with van der Waals surface area (Å²) < 4.78 is 7.27. The summed E-state index contributed by atoms with van der Waals surface area (Å²) in [6, 6.07) is -0.0144. The van der Waals surface area contributed by atoms with E-state index in [-0.39, 0.29) is 12.1 Å². The van der Waals surface area contributed by atoms with E-state index in [0.29, 0.717) is 6.42 Å². The molecule has 0 bridgehead atoms. The number of ether oxygens (including phenoxy) is 1. The first-order chi connectivity index (χ1) is 7.72. The van der Waals surface area contributed by atoms with Crippen LogP contribution in [-0.4, -0.2) is 34.0 Å². The minimum Gasteiger partial charge on any atom is -0.380 e. The van der Waals surface area contributed by atoms with Crippen molar-refractivity contribution in [2.45, 2.75) is 51.8 Å². The van der Waals surface area contributed by atoms with Gasteiger partial charge in [0.15, 0.2) is 0 Å². The Morgan fingerprint density at radius 3 is 2.81 bits per heavy atom. The van der Waals surface area contributed by atoms with Gasteiger partial charge in [-0.25, -0.2) is 4.98 Å². The van der Waals surface area contributed by atoms with E-state index in [1.807, 2.05) is 11.6 Å². The van der Waals surface area contributed by atoms with Crippen LogP contribution in [0.2, 0.25) is 0 Å². The van der Waals surface area contributed by atoms with Crippen LogP contribution in [0.1, 0.15) is 32.5 Å². The van der Waals surface area contributed by atoms with Gasteiger partial charge in [0.05, 0.1) is 6.10 Å².